The molecule has 3 rings (SSSR count). The van der Waals surface area contributed by atoms with Crippen LogP contribution in [-0.4, -0.2) is 49.7 Å². The molecule has 0 radical (unpaired) electrons. The molecule has 7 heteroatoms. The van der Waals surface area contributed by atoms with Gasteiger partial charge >= 0.3 is 0 Å². The van der Waals surface area contributed by atoms with E-state index in [4.69, 9.17) is 0 Å². The van der Waals surface area contributed by atoms with Crippen LogP contribution in [0.1, 0.15) is 15.9 Å². The Morgan fingerprint density at radius 2 is 1.64 bits per heavy atom. The minimum absolute atomic E-state index is 0.0499. The van der Waals surface area contributed by atoms with Gasteiger partial charge in [0.2, 0.25) is 10.0 Å². The second-order valence-corrected chi connectivity index (χ2v) is 7.91. The fraction of sp³-hybridized carbons (Fsp3) is 0.278. The lowest BCUT2D eigenvalue weighted by atomic mass is 10.2. The van der Waals surface area contributed by atoms with E-state index in [0.717, 1.165) is 5.56 Å². The molecule has 25 heavy (non-hydrogen) atoms. The van der Waals surface area contributed by atoms with Crippen molar-refractivity contribution in [3.05, 3.63) is 71.5 Å². The monoisotopic (exact) mass is 362 g/mol. The van der Waals surface area contributed by atoms with E-state index in [1.54, 1.807) is 35.2 Å². The predicted octanol–water partition coefficient (Wildman–Crippen LogP) is 2.11. The SMILES string of the molecule is O=C(c1cccc(F)c1)N1CCN(S(=O)(=O)Cc2ccccc2)CC1. The molecule has 132 valence electrons. The number of halogens is 1. The Morgan fingerprint density at radius 1 is 0.960 bits per heavy atom. The lowest BCUT2D eigenvalue weighted by Gasteiger charge is -2.34. The largest absolute Gasteiger partial charge is 0.336 e. The van der Waals surface area contributed by atoms with Crippen molar-refractivity contribution < 1.29 is 17.6 Å². The van der Waals surface area contributed by atoms with E-state index in [-0.39, 0.29) is 30.3 Å². The van der Waals surface area contributed by atoms with Gasteiger partial charge in [-0.2, -0.15) is 4.31 Å². The maximum Gasteiger partial charge on any atom is 0.254 e. The van der Waals surface area contributed by atoms with Crippen LogP contribution in [0.2, 0.25) is 0 Å². The Balaban J connectivity index is 1.62. The molecule has 1 aliphatic rings. The summed E-state index contributed by atoms with van der Waals surface area (Å²) in [5.74, 6) is -0.791. The zero-order valence-electron chi connectivity index (χ0n) is 13.6. The highest BCUT2D eigenvalue weighted by atomic mass is 32.2. The summed E-state index contributed by atoms with van der Waals surface area (Å²) in [6.45, 7) is 1.08. The molecule has 2 aromatic carbocycles. The van der Waals surface area contributed by atoms with Crippen molar-refractivity contribution in [2.24, 2.45) is 0 Å². The van der Waals surface area contributed by atoms with Crippen molar-refractivity contribution in [2.75, 3.05) is 26.2 Å². The van der Waals surface area contributed by atoms with Crippen molar-refractivity contribution in [2.45, 2.75) is 5.75 Å². The molecule has 0 N–H and O–H groups in total. The molecule has 2 aromatic rings. The molecule has 0 bridgehead atoms. The third-order valence-corrected chi connectivity index (χ3v) is 6.03. The smallest absolute Gasteiger partial charge is 0.254 e. The number of nitrogens with zero attached hydrogens (tertiary/aromatic N) is 2. The van der Waals surface area contributed by atoms with Gasteiger partial charge in [0, 0.05) is 31.7 Å². The van der Waals surface area contributed by atoms with E-state index in [1.807, 2.05) is 6.07 Å². The topological polar surface area (TPSA) is 57.7 Å². The van der Waals surface area contributed by atoms with Gasteiger partial charge in [-0.15, -0.1) is 0 Å². The molecule has 0 spiro atoms. The molecule has 1 fully saturated rings. The van der Waals surface area contributed by atoms with Crippen LogP contribution in [0.5, 0.6) is 0 Å². The number of rotatable bonds is 4. The van der Waals surface area contributed by atoms with Gasteiger partial charge in [-0.1, -0.05) is 36.4 Å². The Labute approximate surface area is 146 Å². The number of sulfonamides is 1. The van der Waals surface area contributed by atoms with Gasteiger partial charge in [-0.25, -0.2) is 12.8 Å². The van der Waals surface area contributed by atoms with Gasteiger partial charge in [0.05, 0.1) is 5.75 Å². The number of benzene rings is 2. The third-order valence-electron chi connectivity index (χ3n) is 4.18. The fourth-order valence-corrected chi connectivity index (χ4v) is 4.37. The van der Waals surface area contributed by atoms with Crippen LogP contribution in [0.15, 0.2) is 54.6 Å². The number of carbonyl (C=O) groups excluding carboxylic acids is 1. The van der Waals surface area contributed by atoms with Crippen LogP contribution < -0.4 is 0 Å². The Kier molecular flexibility index (Phi) is 5.15. The molecule has 0 aromatic heterocycles. The zero-order chi connectivity index (χ0) is 17.9. The Morgan fingerprint density at radius 3 is 2.28 bits per heavy atom. The van der Waals surface area contributed by atoms with E-state index >= 15 is 0 Å². The van der Waals surface area contributed by atoms with Gasteiger partial charge in [-0.3, -0.25) is 4.79 Å². The van der Waals surface area contributed by atoms with E-state index < -0.39 is 15.8 Å². The van der Waals surface area contributed by atoms with E-state index in [1.165, 1.54) is 22.5 Å². The van der Waals surface area contributed by atoms with Crippen molar-refractivity contribution in [1.29, 1.82) is 0 Å². The Bertz CT molecular complexity index is 848. The van der Waals surface area contributed by atoms with Gasteiger partial charge in [0.25, 0.3) is 5.91 Å². The molecule has 0 saturated carbocycles. The average molecular weight is 362 g/mol. The zero-order valence-corrected chi connectivity index (χ0v) is 14.5. The average Bonchev–Trinajstić information content (AvgIpc) is 2.62. The molecule has 1 heterocycles. The molecule has 0 aliphatic carbocycles. The standard InChI is InChI=1S/C18H19FN2O3S/c19-17-8-4-7-16(13-17)18(22)20-9-11-21(12-10-20)25(23,24)14-15-5-2-1-3-6-15/h1-8,13H,9-12,14H2. The number of hydrogen-bond donors (Lipinski definition) is 0. The van der Waals surface area contributed by atoms with Crippen LogP contribution >= 0.6 is 0 Å². The fourth-order valence-electron chi connectivity index (χ4n) is 2.85. The van der Waals surface area contributed by atoms with Crippen LogP contribution in [0.3, 0.4) is 0 Å². The molecular weight excluding hydrogens is 343 g/mol. The molecule has 1 amide bonds. The van der Waals surface area contributed by atoms with Gasteiger partial charge < -0.3 is 4.90 Å². The van der Waals surface area contributed by atoms with Crippen molar-refractivity contribution in [3.8, 4) is 0 Å². The number of hydrogen-bond acceptors (Lipinski definition) is 3. The number of amides is 1. The number of piperazine rings is 1. The third kappa shape index (κ3) is 4.24. The minimum atomic E-state index is -3.42. The number of carbonyl (C=O) groups is 1. The highest BCUT2D eigenvalue weighted by Gasteiger charge is 2.29. The van der Waals surface area contributed by atoms with Crippen LogP contribution in [0.4, 0.5) is 4.39 Å². The molecule has 1 saturated heterocycles. The van der Waals surface area contributed by atoms with Crippen molar-refractivity contribution in [1.82, 2.24) is 9.21 Å². The second-order valence-electron chi connectivity index (χ2n) is 5.94. The van der Waals surface area contributed by atoms with Gasteiger partial charge in [0.1, 0.15) is 5.82 Å². The minimum Gasteiger partial charge on any atom is -0.336 e. The first-order chi connectivity index (χ1) is 12.0. The lowest BCUT2D eigenvalue weighted by Crippen LogP contribution is -2.50. The summed E-state index contributed by atoms with van der Waals surface area (Å²) in [6, 6.07) is 14.5. The normalized spacial score (nSPS) is 16.0. The summed E-state index contributed by atoms with van der Waals surface area (Å²) >= 11 is 0. The summed E-state index contributed by atoms with van der Waals surface area (Å²) in [6.07, 6.45) is 0. The van der Waals surface area contributed by atoms with Gasteiger partial charge in [0.15, 0.2) is 0 Å². The molecule has 0 atom stereocenters. The van der Waals surface area contributed by atoms with Crippen LogP contribution in [0.25, 0.3) is 0 Å². The van der Waals surface area contributed by atoms with Crippen LogP contribution in [0, 0.1) is 5.82 Å². The highest BCUT2D eigenvalue weighted by Crippen LogP contribution is 2.15. The summed E-state index contributed by atoms with van der Waals surface area (Å²) in [5, 5.41) is 0. The maximum atomic E-state index is 13.3. The molecular formula is C18H19FN2O3S. The van der Waals surface area contributed by atoms with Crippen LogP contribution in [-0.2, 0) is 15.8 Å². The molecule has 1 aliphatic heterocycles. The van der Waals surface area contributed by atoms with Crippen molar-refractivity contribution >= 4 is 15.9 Å². The summed E-state index contributed by atoms with van der Waals surface area (Å²) < 4.78 is 39.7. The lowest BCUT2D eigenvalue weighted by molar-refractivity contribution is 0.0697. The Hall–Kier alpha value is -2.25. The predicted molar refractivity (Wildman–Crippen MR) is 92.9 cm³/mol. The summed E-state index contributed by atoms with van der Waals surface area (Å²) in [4.78, 5) is 13.9. The second kappa shape index (κ2) is 7.33. The van der Waals surface area contributed by atoms with E-state index in [0.29, 0.717) is 13.1 Å². The highest BCUT2D eigenvalue weighted by molar-refractivity contribution is 7.88. The summed E-state index contributed by atoms with van der Waals surface area (Å²) in [5.41, 5.74) is 1.02. The first-order valence-electron chi connectivity index (χ1n) is 8.02. The van der Waals surface area contributed by atoms with E-state index in [9.17, 15) is 17.6 Å². The summed E-state index contributed by atoms with van der Waals surface area (Å²) in [7, 11) is -3.42. The van der Waals surface area contributed by atoms with Gasteiger partial charge in [-0.05, 0) is 23.8 Å². The maximum absolute atomic E-state index is 13.3. The van der Waals surface area contributed by atoms with E-state index in [2.05, 4.69) is 0 Å². The van der Waals surface area contributed by atoms with Crippen molar-refractivity contribution in [3.63, 3.8) is 0 Å². The quantitative estimate of drug-likeness (QED) is 0.837. The first-order valence-corrected chi connectivity index (χ1v) is 9.63. The first kappa shape index (κ1) is 17.6. The molecule has 0 unspecified atom stereocenters. The molecule has 5 nitrogen and oxygen atoms in total.